The summed E-state index contributed by atoms with van der Waals surface area (Å²) in [6.45, 7) is 2.34. The van der Waals surface area contributed by atoms with Crippen LogP contribution in [0.25, 0.3) is 0 Å². The van der Waals surface area contributed by atoms with Crippen LogP contribution in [0.5, 0.6) is 0 Å². The molecule has 1 unspecified atom stereocenters. The summed E-state index contributed by atoms with van der Waals surface area (Å²) in [7, 11) is 0. The van der Waals surface area contributed by atoms with E-state index < -0.39 is 29.4 Å². The van der Waals surface area contributed by atoms with Crippen molar-refractivity contribution < 1.29 is 41.4 Å². The van der Waals surface area contributed by atoms with E-state index in [1.54, 1.807) is 6.07 Å². The summed E-state index contributed by atoms with van der Waals surface area (Å²) in [6.07, 6.45) is -8.28. The molecule has 10 heteroatoms. The van der Waals surface area contributed by atoms with E-state index in [1.165, 1.54) is 6.07 Å². The van der Waals surface area contributed by atoms with Crippen molar-refractivity contribution in [3.63, 3.8) is 0 Å². The second-order valence-corrected chi connectivity index (χ2v) is 6.36. The highest BCUT2D eigenvalue weighted by Gasteiger charge is 2.31. The van der Waals surface area contributed by atoms with Gasteiger partial charge in [0.2, 0.25) is 0 Å². The van der Waals surface area contributed by atoms with E-state index in [2.05, 4.69) is 5.32 Å². The fourth-order valence-corrected chi connectivity index (χ4v) is 2.44. The van der Waals surface area contributed by atoms with E-state index in [4.69, 9.17) is 10.2 Å². The number of benzene rings is 2. The van der Waals surface area contributed by atoms with E-state index in [0.717, 1.165) is 30.3 Å². The normalized spacial score (nSPS) is 12.7. The van der Waals surface area contributed by atoms with Crippen molar-refractivity contribution in [1.82, 2.24) is 5.32 Å². The Hall–Kier alpha value is -2.59. The number of nitrogens with one attached hydrogen (secondary N) is 1. The zero-order valence-corrected chi connectivity index (χ0v) is 15.9. The smallest absolute Gasteiger partial charge is 0.416 e. The van der Waals surface area contributed by atoms with Crippen LogP contribution in [0, 0.1) is 0 Å². The second kappa shape index (κ2) is 11.0. The van der Waals surface area contributed by atoms with Gasteiger partial charge < -0.3 is 15.5 Å². The SMILES string of the molecule is CC(Cc1cccc(C(F)(F)F)c1)NCCO.O=C(O)c1cccc(C(F)(F)F)c1. The highest BCUT2D eigenvalue weighted by molar-refractivity contribution is 5.87. The van der Waals surface area contributed by atoms with Gasteiger partial charge in [0.25, 0.3) is 0 Å². The van der Waals surface area contributed by atoms with Crippen LogP contribution in [0.3, 0.4) is 0 Å². The minimum Gasteiger partial charge on any atom is -0.478 e. The average Bonchev–Trinajstić information content (AvgIpc) is 2.66. The number of carboxylic acid groups (broad SMARTS) is 1. The standard InChI is InChI=1S/C12H16F3NO.C8H5F3O2/c1-9(16-5-6-17)7-10-3-2-4-11(8-10)12(13,14)15;9-8(10,11)6-3-1-2-5(4-6)7(12)13/h2-4,8-9,16-17H,5-7H2,1H3;1-4H,(H,12,13). The third kappa shape index (κ3) is 8.83. The summed E-state index contributed by atoms with van der Waals surface area (Å²) in [5.74, 6) is -1.37. The van der Waals surface area contributed by atoms with Crippen molar-refractivity contribution in [3.8, 4) is 0 Å². The number of halogens is 6. The molecule has 0 aliphatic carbocycles. The van der Waals surface area contributed by atoms with Gasteiger partial charge in [0, 0.05) is 12.6 Å². The molecular weight excluding hydrogens is 416 g/mol. The summed E-state index contributed by atoms with van der Waals surface area (Å²) in [5, 5.41) is 20.0. The van der Waals surface area contributed by atoms with Gasteiger partial charge in [-0.1, -0.05) is 24.3 Å². The van der Waals surface area contributed by atoms with Gasteiger partial charge in [-0.25, -0.2) is 4.79 Å². The Labute approximate surface area is 169 Å². The van der Waals surface area contributed by atoms with Crippen LogP contribution in [0.1, 0.15) is 34.0 Å². The van der Waals surface area contributed by atoms with Crippen LogP contribution in [0.4, 0.5) is 26.3 Å². The summed E-state index contributed by atoms with van der Waals surface area (Å²) in [5.41, 5.74) is -1.30. The van der Waals surface area contributed by atoms with Crippen molar-refractivity contribution in [2.24, 2.45) is 0 Å². The van der Waals surface area contributed by atoms with Gasteiger partial charge in [0.15, 0.2) is 0 Å². The monoisotopic (exact) mass is 437 g/mol. The predicted octanol–water partition coefficient (Wildman–Crippen LogP) is 4.62. The Morgan fingerprint density at radius 1 is 0.967 bits per heavy atom. The second-order valence-electron chi connectivity index (χ2n) is 6.36. The molecule has 0 heterocycles. The van der Waals surface area contributed by atoms with Crippen LogP contribution in [-0.2, 0) is 18.8 Å². The number of aliphatic hydroxyl groups is 1. The first-order valence-electron chi connectivity index (χ1n) is 8.75. The molecule has 166 valence electrons. The topological polar surface area (TPSA) is 69.6 Å². The molecule has 2 aromatic rings. The molecule has 0 aromatic heterocycles. The van der Waals surface area contributed by atoms with E-state index in [1.807, 2.05) is 6.92 Å². The molecule has 0 aliphatic rings. The van der Waals surface area contributed by atoms with Gasteiger partial charge in [-0.15, -0.1) is 0 Å². The average molecular weight is 437 g/mol. The summed E-state index contributed by atoms with van der Waals surface area (Å²) in [4.78, 5) is 10.3. The molecule has 1 atom stereocenters. The van der Waals surface area contributed by atoms with E-state index >= 15 is 0 Å². The van der Waals surface area contributed by atoms with Crippen LogP contribution in [0.15, 0.2) is 48.5 Å². The van der Waals surface area contributed by atoms with Gasteiger partial charge >= 0.3 is 18.3 Å². The minimum atomic E-state index is -4.49. The first-order valence-corrected chi connectivity index (χ1v) is 8.75. The maximum absolute atomic E-state index is 12.5. The molecular formula is C20H21F6NO3. The van der Waals surface area contributed by atoms with Crippen molar-refractivity contribution >= 4 is 5.97 Å². The fraction of sp³-hybridized carbons (Fsp3) is 0.350. The van der Waals surface area contributed by atoms with Crippen molar-refractivity contribution in [3.05, 3.63) is 70.8 Å². The van der Waals surface area contributed by atoms with E-state index in [9.17, 15) is 31.1 Å². The Balaban J connectivity index is 0.000000311. The number of rotatable bonds is 6. The number of aliphatic hydroxyl groups excluding tert-OH is 1. The number of carbonyl (C=O) groups is 1. The number of aromatic carboxylic acids is 1. The first kappa shape index (κ1) is 25.4. The third-order valence-electron chi connectivity index (χ3n) is 3.84. The lowest BCUT2D eigenvalue weighted by atomic mass is 10.0. The molecule has 0 amide bonds. The molecule has 2 rings (SSSR count). The van der Waals surface area contributed by atoms with Gasteiger partial charge in [-0.05, 0) is 43.2 Å². The number of hydrogen-bond acceptors (Lipinski definition) is 3. The highest BCUT2D eigenvalue weighted by Crippen LogP contribution is 2.30. The number of alkyl halides is 6. The Bertz CT molecular complexity index is 821. The maximum Gasteiger partial charge on any atom is 0.416 e. The molecule has 4 nitrogen and oxygen atoms in total. The Morgan fingerprint density at radius 3 is 2.00 bits per heavy atom. The quantitative estimate of drug-likeness (QED) is 0.577. The number of hydrogen-bond donors (Lipinski definition) is 3. The lowest BCUT2D eigenvalue weighted by Crippen LogP contribution is -2.30. The van der Waals surface area contributed by atoms with Crippen LogP contribution in [-0.4, -0.2) is 35.4 Å². The molecule has 0 aliphatic heterocycles. The van der Waals surface area contributed by atoms with Gasteiger partial charge in [0.1, 0.15) is 0 Å². The highest BCUT2D eigenvalue weighted by atomic mass is 19.4. The Morgan fingerprint density at radius 2 is 1.50 bits per heavy atom. The fourth-order valence-electron chi connectivity index (χ4n) is 2.44. The largest absolute Gasteiger partial charge is 0.478 e. The van der Waals surface area contributed by atoms with Gasteiger partial charge in [0.05, 0.1) is 23.3 Å². The molecule has 3 N–H and O–H groups in total. The number of carboxylic acids is 1. The predicted molar refractivity (Wildman–Crippen MR) is 98.1 cm³/mol. The minimum absolute atomic E-state index is 0.0208. The van der Waals surface area contributed by atoms with E-state index in [0.29, 0.717) is 24.6 Å². The summed E-state index contributed by atoms with van der Waals surface area (Å²) in [6, 6.07) is 8.94. The molecule has 2 aromatic carbocycles. The van der Waals surface area contributed by atoms with Crippen LogP contribution in [0.2, 0.25) is 0 Å². The lowest BCUT2D eigenvalue weighted by molar-refractivity contribution is -0.138. The third-order valence-corrected chi connectivity index (χ3v) is 3.84. The molecule has 0 fully saturated rings. The molecule has 0 saturated heterocycles. The Kier molecular flexibility index (Phi) is 9.31. The summed E-state index contributed by atoms with van der Waals surface area (Å²) < 4.78 is 73.5. The first-order chi connectivity index (χ1) is 13.8. The van der Waals surface area contributed by atoms with Gasteiger partial charge in [-0.3, -0.25) is 0 Å². The van der Waals surface area contributed by atoms with Crippen molar-refractivity contribution in [1.29, 1.82) is 0 Å². The van der Waals surface area contributed by atoms with Crippen molar-refractivity contribution in [2.45, 2.75) is 31.7 Å². The lowest BCUT2D eigenvalue weighted by Gasteiger charge is -2.14. The zero-order chi connectivity index (χ0) is 22.9. The van der Waals surface area contributed by atoms with Crippen molar-refractivity contribution in [2.75, 3.05) is 13.2 Å². The van der Waals surface area contributed by atoms with Gasteiger partial charge in [-0.2, -0.15) is 26.3 Å². The summed E-state index contributed by atoms with van der Waals surface area (Å²) >= 11 is 0. The molecule has 30 heavy (non-hydrogen) atoms. The van der Waals surface area contributed by atoms with E-state index in [-0.39, 0.29) is 18.2 Å². The molecule has 0 saturated carbocycles. The zero-order valence-electron chi connectivity index (χ0n) is 15.9. The maximum atomic E-state index is 12.5. The molecule has 0 radical (unpaired) electrons. The van der Waals surface area contributed by atoms with Crippen LogP contribution < -0.4 is 5.32 Å². The van der Waals surface area contributed by atoms with Crippen LogP contribution >= 0.6 is 0 Å². The molecule has 0 spiro atoms. The molecule has 0 bridgehead atoms.